The molecule has 608 valence electrons. The lowest BCUT2D eigenvalue weighted by molar-refractivity contribution is 0.669. The highest BCUT2D eigenvalue weighted by molar-refractivity contribution is 14.1. The first kappa shape index (κ1) is 84.9. The highest BCUT2D eigenvalue weighted by Crippen LogP contribution is 2.42. The number of para-hydroxylation sites is 8. The van der Waals surface area contributed by atoms with Gasteiger partial charge < -0.3 is 23.0 Å². The summed E-state index contributed by atoms with van der Waals surface area (Å²) in [5, 5.41) is 12.7. The second-order valence-electron chi connectivity index (χ2n) is 29.9. The van der Waals surface area contributed by atoms with E-state index >= 15 is 0 Å². The zero-order valence-corrected chi connectivity index (χ0v) is 79.7. The Morgan fingerprint density at radius 3 is 0.722 bits per heavy atom. The summed E-state index contributed by atoms with van der Waals surface area (Å²) in [5.74, 6) is 0. The van der Waals surface area contributed by atoms with Crippen LogP contribution in [0.15, 0.2) is 483 Å². The summed E-state index contributed by atoms with van der Waals surface area (Å²) < 4.78 is 32.2. The molecule has 5 nitrogen and oxygen atoms in total. The lowest BCUT2D eigenvalue weighted by Gasteiger charge is -2.08. The van der Waals surface area contributed by atoms with Gasteiger partial charge in [-0.3, -0.25) is 0 Å². The summed E-state index contributed by atoms with van der Waals surface area (Å²) >= 11 is 22.0. The van der Waals surface area contributed by atoms with Gasteiger partial charge >= 0.3 is 0 Å². The molecule has 0 amide bonds. The van der Waals surface area contributed by atoms with E-state index in [1.54, 1.807) is 0 Å². The number of furan rings is 4. The smallest absolute Gasteiger partial charge is 0.143 e. The Labute approximate surface area is 799 Å². The molecule has 23 aromatic rings. The SMILES string of the molecule is Brc1ccc(-c2ccc(-c3ccc(I)cc3)cc2)cc1.Brc1ccc(-c2ccc(-c3cccc4c3oc3ccccc34)cc2)cc1.Brc1ccc(-c2ccc(I)cc2)cc1.Brc1ccc(-c2ccc3oc4ccccc4c3c2)cc1.Brc1ccc(-c2cccc3c2oc2ccccc23)cc1.c1ccc(Nc2ccc(-c3cccc4c3oc3ccccc34)cc2)cc1. The van der Waals surface area contributed by atoms with Crippen LogP contribution in [0.5, 0.6) is 0 Å². The molecule has 0 spiro atoms. The Hall–Kier alpha value is -12.0. The molecule has 0 aliphatic carbocycles. The van der Waals surface area contributed by atoms with E-state index in [1.807, 2.05) is 91.0 Å². The van der Waals surface area contributed by atoms with Crippen LogP contribution in [0.25, 0.3) is 177 Å². The summed E-state index contributed by atoms with van der Waals surface area (Å²) in [6.45, 7) is 0. The molecule has 23 rings (SSSR count). The average molecular weight is 2180 g/mol. The molecule has 1 N–H and O–H groups in total. The number of fused-ring (bicyclic) bond motifs is 12. The van der Waals surface area contributed by atoms with Gasteiger partial charge in [-0.15, -0.1) is 0 Å². The maximum absolute atomic E-state index is 6.16. The Morgan fingerprint density at radius 2 is 0.389 bits per heavy atom. The van der Waals surface area contributed by atoms with E-state index in [0.717, 1.165) is 133 Å². The lowest BCUT2D eigenvalue weighted by Crippen LogP contribution is -1.89. The van der Waals surface area contributed by atoms with E-state index in [0.29, 0.717) is 0 Å². The summed E-state index contributed by atoms with van der Waals surface area (Å²) in [6.07, 6.45) is 0. The summed E-state index contributed by atoms with van der Waals surface area (Å²) in [7, 11) is 0. The second kappa shape index (κ2) is 39.7. The van der Waals surface area contributed by atoms with Crippen LogP contribution >= 0.6 is 125 Å². The average Bonchev–Trinajstić information content (AvgIpc) is 1.62. The molecular weight excluding hydrogens is 2100 g/mol. The van der Waals surface area contributed by atoms with Crippen molar-refractivity contribution in [1.82, 2.24) is 0 Å². The maximum atomic E-state index is 6.16. The molecule has 4 aromatic heterocycles. The number of hydrogen-bond donors (Lipinski definition) is 1. The van der Waals surface area contributed by atoms with Crippen molar-refractivity contribution >= 4 is 224 Å². The number of hydrogen-bond acceptors (Lipinski definition) is 5. The predicted octanol–water partition coefficient (Wildman–Crippen LogP) is 37.8. The monoisotopic (exact) mass is 2170 g/mol. The van der Waals surface area contributed by atoms with E-state index < -0.39 is 0 Å². The molecule has 0 aliphatic rings. The minimum Gasteiger partial charge on any atom is -0.456 e. The van der Waals surface area contributed by atoms with Crippen molar-refractivity contribution in [2.24, 2.45) is 0 Å². The van der Waals surface area contributed by atoms with Crippen LogP contribution < -0.4 is 5.32 Å². The predicted molar refractivity (Wildman–Crippen MR) is 565 cm³/mol. The first-order valence-corrected chi connectivity index (χ1v) is 47.0. The van der Waals surface area contributed by atoms with Gasteiger partial charge in [0, 0.05) is 101 Å². The highest BCUT2D eigenvalue weighted by atomic mass is 127. The van der Waals surface area contributed by atoms with Crippen LogP contribution in [0, 0.1) is 7.14 Å². The molecule has 0 saturated carbocycles. The third kappa shape index (κ3) is 20.0. The molecule has 0 atom stereocenters. The fraction of sp³-hybridized carbons (Fsp3) is 0. The first-order chi connectivity index (χ1) is 61.8. The Kier molecular flexibility index (Phi) is 26.7. The molecule has 0 aliphatic heterocycles. The van der Waals surface area contributed by atoms with E-state index in [-0.39, 0.29) is 0 Å². The normalized spacial score (nSPS) is 11.0. The molecule has 0 bridgehead atoms. The van der Waals surface area contributed by atoms with Gasteiger partial charge in [-0.2, -0.15) is 0 Å². The van der Waals surface area contributed by atoms with E-state index in [2.05, 4.69) is 482 Å². The molecule has 12 heteroatoms. The number of benzene rings is 19. The van der Waals surface area contributed by atoms with Crippen molar-refractivity contribution < 1.29 is 17.7 Å². The Balaban J connectivity index is 0.000000104. The van der Waals surface area contributed by atoms with Crippen molar-refractivity contribution in [2.75, 3.05) is 5.32 Å². The number of halogens is 7. The van der Waals surface area contributed by atoms with Crippen LogP contribution in [0.3, 0.4) is 0 Å². The zero-order chi connectivity index (χ0) is 85.8. The first-order valence-electron chi connectivity index (χ1n) is 40.9. The van der Waals surface area contributed by atoms with Gasteiger partial charge in [0.1, 0.15) is 44.7 Å². The highest BCUT2D eigenvalue weighted by Gasteiger charge is 2.17. The quantitative estimate of drug-likeness (QED) is 0.138. The molecule has 0 saturated heterocycles. The van der Waals surface area contributed by atoms with Gasteiger partial charge in [0.05, 0.1) is 0 Å². The van der Waals surface area contributed by atoms with E-state index in [9.17, 15) is 0 Å². The van der Waals surface area contributed by atoms with Crippen molar-refractivity contribution in [3.05, 3.63) is 472 Å². The topological polar surface area (TPSA) is 64.6 Å². The van der Waals surface area contributed by atoms with Crippen LogP contribution in [0.1, 0.15) is 0 Å². The van der Waals surface area contributed by atoms with Crippen molar-refractivity contribution in [2.45, 2.75) is 0 Å². The maximum Gasteiger partial charge on any atom is 0.143 e. The second-order valence-corrected chi connectivity index (χ2v) is 37.0. The van der Waals surface area contributed by atoms with Crippen molar-refractivity contribution in [1.29, 1.82) is 0 Å². The number of anilines is 2. The van der Waals surface area contributed by atoms with Crippen LogP contribution in [-0.2, 0) is 0 Å². The molecule has 4 heterocycles. The van der Waals surface area contributed by atoms with Gasteiger partial charge in [-0.1, -0.05) is 377 Å². The van der Waals surface area contributed by atoms with E-state index in [1.165, 1.54) is 84.3 Å². The Bertz CT molecular complexity index is 7550. The molecular formula is C114H74Br5I2NO4. The largest absolute Gasteiger partial charge is 0.456 e. The molecule has 126 heavy (non-hydrogen) atoms. The number of nitrogens with one attached hydrogen (secondary N) is 1. The van der Waals surface area contributed by atoms with Gasteiger partial charge in [0.15, 0.2) is 0 Å². The molecule has 0 fully saturated rings. The third-order valence-electron chi connectivity index (χ3n) is 21.8. The number of rotatable bonds is 10. The van der Waals surface area contributed by atoms with Gasteiger partial charge in [-0.25, -0.2) is 0 Å². The van der Waals surface area contributed by atoms with Gasteiger partial charge in [0.25, 0.3) is 0 Å². The van der Waals surface area contributed by atoms with Crippen LogP contribution in [0.2, 0.25) is 0 Å². The van der Waals surface area contributed by atoms with Crippen LogP contribution in [0.4, 0.5) is 11.4 Å². The molecule has 0 radical (unpaired) electrons. The minimum atomic E-state index is 0.928. The standard InChI is InChI=1S/C24H15BrO.C24H17NO.C18H12BrI.2C18H11BrO.C12H8BrI/c25-19-14-12-17(13-15-19)16-8-10-18(11-9-16)20-5-3-6-22-21-4-1-2-7-23(21)26-24(20)22;1-2-7-18(8-3-1)25-19-15-13-17(14-16-19)20-10-6-11-22-21-9-4-5-12-23(21)26-24(20)22;19-17-9-5-15(6-10-17)13-1-3-14(4-2-13)16-7-11-18(20)12-8-16;19-13-10-8-12(9-11-13)14-5-3-6-16-15-4-1-2-7-17(15)20-18(14)16;19-14-8-5-12(6-9-14)13-7-10-18-16(11-13)15-3-1-2-4-17(15)20-18;13-11-5-1-9(2-6-11)10-3-7-12(14)8-4-10/h1-15H;1-16,25H;1-12H;2*1-11H;1-8H. The van der Waals surface area contributed by atoms with Gasteiger partial charge in [0.2, 0.25) is 0 Å². The zero-order valence-electron chi connectivity index (χ0n) is 67.4. The summed E-state index contributed by atoms with van der Waals surface area (Å²) in [4.78, 5) is 0. The lowest BCUT2D eigenvalue weighted by atomic mass is 9.99. The van der Waals surface area contributed by atoms with Crippen molar-refractivity contribution in [3.63, 3.8) is 0 Å². The molecule has 19 aromatic carbocycles. The molecule has 0 unspecified atom stereocenters. The summed E-state index contributed by atoms with van der Waals surface area (Å²) in [5.41, 5.74) is 28.9. The fourth-order valence-electron chi connectivity index (χ4n) is 15.4. The minimum absolute atomic E-state index is 0.928. The third-order valence-corrected chi connectivity index (χ3v) is 25.9. The van der Waals surface area contributed by atoms with E-state index in [4.69, 9.17) is 17.7 Å². The van der Waals surface area contributed by atoms with Gasteiger partial charge in [-0.05, 0) is 263 Å². The fourth-order valence-corrected chi connectivity index (χ4v) is 17.5. The van der Waals surface area contributed by atoms with Crippen LogP contribution in [-0.4, -0.2) is 0 Å². The van der Waals surface area contributed by atoms with Crippen molar-refractivity contribution in [3.8, 4) is 89.0 Å². The summed E-state index contributed by atoms with van der Waals surface area (Å²) in [6, 6.07) is 153. The Morgan fingerprint density at radius 1 is 0.167 bits per heavy atom.